The predicted octanol–water partition coefficient (Wildman–Crippen LogP) is 4.95. The highest BCUT2D eigenvalue weighted by Gasteiger charge is 2.26. The van der Waals surface area contributed by atoms with Gasteiger partial charge in [-0.1, -0.05) is 48.5 Å². The van der Waals surface area contributed by atoms with E-state index >= 15 is 0 Å². The molecular formula is C20H21ClN6OS2. The molecule has 3 aromatic rings. The second-order valence-electron chi connectivity index (χ2n) is 6.60. The molecule has 0 aliphatic rings. The number of anilines is 2. The Balaban J connectivity index is 1.84. The number of amides is 1. The number of rotatable bonds is 7. The Bertz CT molecular complexity index is 1120. The molecule has 2 heterocycles. The minimum Gasteiger partial charge on any atom is -0.368 e. The fourth-order valence-electron chi connectivity index (χ4n) is 2.97. The van der Waals surface area contributed by atoms with Crippen LogP contribution in [0.3, 0.4) is 0 Å². The van der Waals surface area contributed by atoms with E-state index in [1.165, 1.54) is 23.1 Å². The molecule has 0 saturated heterocycles. The Hall–Kier alpha value is -2.54. The van der Waals surface area contributed by atoms with Crippen molar-refractivity contribution < 1.29 is 4.79 Å². The zero-order valence-corrected chi connectivity index (χ0v) is 19.2. The molecule has 0 saturated carbocycles. The lowest BCUT2D eigenvalue weighted by Crippen LogP contribution is -2.27. The van der Waals surface area contributed by atoms with E-state index < -0.39 is 6.04 Å². The zero-order valence-electron chi connectivity index (χ0n) is 16.8. The first-order valence-corrected chi connectivity index (χ1v) is 11.4. The van der Waals surface area contributed by atoms with Crippen LogP contribution in [-0.4, -0.2) is 20.7 Å². The number of halogens is 1. The molecule has 30 heavy (non-hydrogen) atoms. The van der Waals surface area contributed by atoms with Gasteiger partial charge in [0.05, 0.1) is 5.56 Å². The summed E-state index contributed by atoms with van der Waals surface area (Å²) < 4.78 is 1.64. The first-order valence-electron chi connectivity index (χ1n) is 9.24. The van der Waals surface area contributed by atoms with Crippen LogP contribution in [0.2, 0.25) is 5.02 Å². The summed E-state index contributed by atoms with van der Waals surface area (Å²) in [6, 6.07) is 9.12. The van der Waals surface area contributed by atoms with Crippen molar-refractivity contribution in [2.45, 2.75) is 44.1 Å². The SMILES string of the molecule is CCC(C(=O)Nc1sc(C)c(C)c1C#N)n1c(N)nnc1SCc1ccccc1Cl. The van der Waals surface area contributed by atoms with Gasteiger partial charge < -0.3 is 11.1 Å². The number of nitriles is 1. The molecule has 1 aromatic carbocycles. The van der Waals surface area contributed by atoms with Gasteiger partial charge in [-0.3, -0.25) is 9.36 Å². The summed E-state index contributed by atoms with van der Waals surface area (Å²) >= 11 is 9.04. The smallest absolute Gasteiger partial charge is 0.248 e. The van der Waals surface area contributed by atoms with Gasteiger partial charge in [0, 0.05) is 15.7 Å². The maximum atomic E-state index is 13.1. The minimum atomic E-state index is -0.608. The Labute approximate surface area is 188 Å². The molecule has 0 aliphatic carbocycles. The van der Waals surface area contributed by atoms with Gasteiger partial charge >= 0.3 is 0 Å². The fourth-order valence-corrected chi connectivity index (χ4v) is 5.26. The summed E-state index contributed by atoms with van der Waals surface area (Å²) in [4.78, 5) is 14.1. The van der Waals surface area contributed by atoms with Crippen LogP contribution in [0.4, 0.5) is 10.9 Å². The van der Waals surface area contributed by atoms with Gasteiger partial charge in [-0.15, -0.1) is 21.5 Å². The Morgan fingerprint density at radius 3 is 2.80 bits per heavy atom. The molecule has 1 atom stereocenters. The molecular weight excluding hydrogens is 440 g/mol. The third kappa shape index (κ3) is 4.46. The van der Waals surface area contributed by atoms with Gasteiger partial charge in [-0.05, 0) is 37.5 Å². The molecule has 7 nitrogen and oxygen atoms in total. The van der Waals surface area contributed by atoms with Crippen LogP contribution >= 0.6 is 34.7 Å². The third-order valence-electron chi connectivity index (χ3n) is 4.74. The normalized spacial score (nSPS) is 11.8. The molecule has 0 spiro atoms. The number of aryl methyl sites for hydroxylation is 1. The second kappa shape index (κ2) is 9.51. The van der Waals surface area contributed by atoms with E-state index in [0.717, 1.165) is 16.0 Å². The molecule has 0 radical (unpaired) electrons. The van der Waals surface area contributed by atoms with E-state index in [2.05, 4.69) is 21.6 Å². The molecule has 0 bridgehead atoms. The van der Waals surface area contributed by atoms with Crippen LogP contribution in [0, 0.1) is 25.2 Å². The minimum absolute atomic E-state index is 0.165. The van der Waals surface area contributed by atoms with E-state index in [9.17, 15) is 10.1 Å². The highest BCUT2D eigenvalue weighted by Crippen LogP contribution is 2.34. The van der Waals surface area contributed by atoms with Crippen molar-refractivity contribution >= 4 is 51.6 Å². The number of aromatic nitrogens is 3. The Kier molecular flexibility index (Phi) is 7.02. The van der Waals surface area contributed by atoms with Gasteiger partial charge in [0.15, 0.2) is 5.16 Å². The molecule has 1 unspecified atom stereocenters. The van der Waals surface area contributed by atoms with Crippen molar-refractivity contribution in [3.05, 3.63) is 50.9 Å². The van der Waals surface area contributed by atoms with Crippen molar-refractivity contribution in [2.24, 2.45) is 0 Å². The number of carbonyl (C=O) groups excluding carboxylic acids is 1. The molecule has 10 heteroatoms. The zero-order chi connectivity index (χ0) is 21.8. The average molecular weight is 461 g/mol. The highest BCUT2D eigenvalue weighted by molar-refractivity contribution is 7.98. The monoisotopic (exact) mass is 460 g/mol. The van der Waals surface area contributed by atoms with Crippen LogP contribution in [0.1, 0.15) is 41.0 Å². The van der Waals surface area contributed by atoms with Gasteiger partial charge in [0.2, 0.25) is 11.9 Å². The number of carbonyl (C=O) groups is 1. The molecule has 2 aromatic heterocycles. The van der Waals surface area contributed by atoms with E-state index in [1.807, 2.05) is 45.0 Å². The van der Waals surface area contributed by atoms with E-state index in [-0.39, 0.29) is 11.9 Å². The van der Waals surface area contributed by atoms with E-state index in [1.54, 1.807) is 4.57 Å². The Morgan fingerprint density at radius 1 is 1.40 bits per heavy atom. The summed E-state index contributed by atoms with van der Waals surface area (Å²) in [5, 5.41) is 22.2. The number of nitrogens with one attached hydrogen (secondary N) is 1. The lowest BCUT2D eigenvalue weighted by Gasteiger charge is -2.18. The topological polar surface area (TPSA) is 110 Å². The number of nitrogens with two attached hydrogens (primary N) is 1. The van der Waals surface area contributed by atoms with Crippen LogP contribution in [0.15, 0.2) is 29.4 Å². The highest BCUT2D eigenvalue weighted by atomic mass is 35.5. The number of nitrogens with zero attached hydrogens (tertiary/aromatic N) is 4. The van der Waals surface area contributed by atoms with Crippen molar-refractivity contribution in [3.8, 4) is 6.07 Å². The van der Waals surface area contributed by atoms with Crippen LogP contribution in [0.25, 0.3) is 0 Å². The number of hydrogen-bond acceptors (Lipinski definition) is 7. The van der Waals surface area contributed by atoms with E-state index in [0.29, 0.717) is 32.9 Å². The number of thiophene rings is 1. The lowest BCUT2D eigenvalue weighted by molar-refractivity contribution is -0.119. The van der Waals surface area contributed by atoms with Gasteiger partial charge in [-0.2, -0.15) is 5.26 Å². The standard InChI is InChI=1S/C20H21ClN6OS2/c1-4-16(17(28)24-18-14(9-22)11(2)12(3)30-18)27-19(23)25-26-20(27)29-10-13-7-5-6-8-15(13)21/h5-8,16H,4,10H2,1-3H3,(H2,23,25)(H,24,28). The summed E-state index contributed by atoms with van der Waals surface area (Å²) in [6.45, 7) is 5.69. The summed E-state index contributed by atoms with van der Waals surface area (Å²) in [5.41, 5.74) is 8.38. The first kappa shape index (κ1) is 22.2. The van der Waals surface area contributed by atoms with Crippen LogP contribution in [0.5, 0.6) is 0 Å². The number of benzene rings is 1. The van der Waals surface area contributed by atoms with Gasteiger partial charge in [-0.25, -0.2) is 0 Å². The number of hydrogen-bond donors (Lipinski definition) is 2. The largest absolute Gasteiger partial charge is 0.368 e. The molecule has 0 aliphatic heterocycles. The summed E-state index contributed by atoms with van der Waals surface area (Å²) in [5.74, 6) is 0.469. The molecule has 156 valence electrons. The van der Waals surface area contributed by atoms with Crippen LogP contribution < -0.4 is 11.1 Å². The van der Waals surface area contributed by atoms with Crippen molar-refractivity contribution in [2.75, 3.05) is 11.1 Å². The Morgan fingerprint density at radius 2 is 2.13 bits per heavy atom. The number of thioether (sulfide) groups is 1. The summed E-state index contributed by atoms with van der Waals surface area (Å²) in [7, 11) is 0. The molecule has 1 amide bonds. The van der Waals surface area contributed by atoms with Gasteiger partial charge in [0.1, 0.15) is 17.1 Å². The molecule has 3 N–H and O–H groups in total. The van der Waals surface area contributed by atoms with Crippen molar-refractivity contribution in [1.82, 2.24) is 14.8 Å². The van der Waals surface area contributed by atoms with Gasteiger partial charge in [0.25, 0.3) is 0 Å². The second-order valence-corrected chi connectivity index (χ2v) is 9.18. The predicted molar refractivity (Wildman–Crippen MR) is 122 cm³/mol. The maximum Gasteiger partial charge on any atom is 0.248 e. The lowest BCUT2D eigenvalue weighted by atomic mass is 10.1. The molecule has 0 fully saturated rings. The van der Waals surface area contributed by atoms with Crippen molar-refractivity contribution in [1.29, 1.82) is 5.26 Å². The quantitative estimate of drug-likeness (QED) is 0.483. The number of nitrogen functional groups attached to an aromatic ring is 1. The first-order chi connectivity index (χ1) is 14.4. The van der Waals surface area contributed by atoms with E-state index in [4.69, 9.17) is 17.3 Å². The maximum absolute atomic E-state index is 13.1. The average Bonchev–Trinajstić information content (AvgIpc) is 3.21. The summed E-state index contributed by atoms with van der Waals surface area (Å²) in [6.07, 6.45) is 0.485. The van der Waals surface area contributed by atoms with Crippen LogP contribution in [-0.2, 0) is 10.5 Å². The van der Waals surface area contributed by atoms with Crippen molar-refractivity contribution in [3.63, 3.8) is 0 Å². The fraction of sp³-hybridized carbons (Fsp3) is 0.300. The molecule has 3 rings (SSSR count). The third-order valence-corrected chi connectivity index (χ3v) is 7.22.